The lowest BCUT2D eigenvalue weighted by Gasteiger charge is -2.11. The average molecular weight is 355 g/mol. The molecule has 20 heavy (non-hydrogen) atoms. The second-order valence-corrected chi connectivity index (χ2v) is 5.30. The molecule has 2 N–H and O–H groups in total. The number of carbonyl (C=O) groups excluding carboxylic acids is 1. The van der Waals surface area contributed by atoms with Crippen molar-refractivity contribution in [1.82, 2.24) is 4.98 Å². The molecule has 104 valence electrons. The van der Waals surface area contributed by atoms with E-state index >= 15 is 0 Å². The molecule has 0 aliphatic heterocycles. The van der Waals surface area contributed by atoms with Crippen LogP contribution in [0.15, 0.2) is 41.1 Å². The van der Waals surface area contributed by atoms with Gasteiger partial charge >= 0.3 is 0 Å². The van der Waals surface area contributed by atoms with Gasteiger partial charge in [0.1, 0.15) is 0 Å². The number of rotatable bonds is 4. The van der Waals surface area contributed by atoms with Gasteiger partial charge in [-0.1, -0.05) is 11.6 Å². The molecule has 1 aromatic heterocycles. The summed E-state index contributed by atoms with van der Waals surface area (Å²) in [4.78, 5) is 16.3. The van der Waals surface area contributed by atoms with Crippen molar-refractivity contribution in [2.24, 2.45) is 0 Å². The van der Waals surface area contributed by atoms with Gasteiger partial charge in [-0.3, -0.25) is 9.78 Å². The van der Waals surface area contributed by atoms with Gasteiger partial charge in [-0.15, -0.1) is 0 Å². The van der Waals surface area contributed by atoms with E-state index in [4.69, 9.17) is 11.6 Å². The Bertz CT molecular complexity index is 634. The number of carbonyl (C=O) groups is 1. The van der Waals surface area contributed by atoms with Gasteiger partial charge in [0.2, 0.25) is 0 Å². The van der Waals surface area contributed by atoms with Crippen molar-refractivity contribution < 1.29 is 4.79 Å². The normalized spacial score (nSPS) is 10.2. The average Bonchev–Trinajstić information content (AvgIpc) is 2.44. The summed E-state index contributed by atoms with van der Waals surface area (Å²) < 4.78 is 0.735. The molecule has 2 aromatic rings. The maximum absolute atomic E-state index is 12.3. The van der Waals surface area contributed by atoms with E-state index < -0.39 is 0 Å². The topological polar surface area (TPSA) is 54.0 Å². The van der Waals surface area contributed by atoms with Crippen LogP contribution < -0.4 is 10.6 Å². The summed E-state index contributed by atoms with van der Waals surface area (Å²) in [6.07, 6.45) is 3.23. The molecule has 1 aromatic carbocycles. The van der Waals surface area contributed by atoms with Crippen LogP contribution in [0.25, 0.3) is 0 Å². The van der Waals surface area contributed by atoms with Crippen LogP contribution >= 0.6 is 27.5 Å². The van der Waals surface area contributed by atoms with Crippen LogP contribution in [0.1, 0.15) is 17.3 Å². The third kappa shape index (κ3) is 3.49. The lowest BCUT2D eigenvalue weighted by Crippen LogP contribution is -2.15. The maximum atomic E-state index is 12.3. The molecule has 0 saturated carbocycles. The highest BCUT2D eigenvalue weighted by molar-refractivity contribution is 9.10. The highest BCUT2D eigenvalue weighted by atomic mass is 79.9. The van der Waals surface area contributed by atoms with Gasteiger partial charge in [-0.05, 0) is 47.1 Å². The first-order valence-electron chi connectivity index (χ1n) is 6.06. The van der Waals surface area contributed by atoms with Gasteiger partial charge < -0.3 is 10.6 Å². The lowest BCUT2D eigenvalue weighted by molar-refractivity contribution is 0.102. The minimum atomic E-state index is -0.197. The molecule has 6 heteroatoms. The van der Waals surface area contributed by atoms with Gasteiger partial charge in [0, 0.05) is 22.9 Å². The molecule has 0 atom stereocenters. The fraction of sp³-hybridized carbons (Fsp3) is 0.143. The maximum Gasteiger partial charge on any atom is 0.257 e. The number of nitrogens with one attached hydrogen (secondary N) is 2. The Morgan fingerprint density at radius 1 is 1.40 bits per heavy atom. The van der Waals surface area contributed by atoms with E-state index in [2.05, 4.69) is 31.5 Å². The van der Waals surface area contributed by atoms with Gasteiger partial charge in [0.15, 0.2) is 0 Å². The van der Waals surface area contributed by atoms with E-state index in [1.807, 2.05) is 6.92 Å². The number of nitrogens with zero attached hydrogens (tertiary/aromatic N) is 1. The van der Waals surface area contributed by atoms with E-state index in [0.717, 1.165) is 11.0 Å². The number of pyridine rings is 1. The van der Waals surface area contributed by atoms with E-state index in [-0.39, 0.29) is 5.91 Å². The number of anilines is 2. The van der Waals surface area contributed by atoms with Crippen molar-refractivity contribution in [2.45, 2.75) is 6.92 Å². The Hall–Kier alpha value is -1.59. The second kappa shape index (κ2) is 6.72. The van der Waals surface area contributed by atoms with Crippen LogP contribution in [0.2, 0.25) is 5.02 Å². The molecular weight excluding hydrogens is 342 g/mol. The molecule has 1 heterocycles. The third-order valence-electron chi connectivity index (χ3n) is 2.61. The van der Waals surface area contributed by atoms with Crippen molar-refractivity contribution in [3.63, 3.8) is 0 Å². The first-order chi connectivity index (χ1) is 9.61. The van der Waals surface area contributed by atoms with E-state index in [9.17, 15) is 4.79 Å². The number of hydrogen-bond donors (Lipinski definition) is 2. The van der Waals surface area contributed by atoms with Crippen molar-refractivity contribution >= 4 is 44.8 Å². The first kappa shape index (κ1) is 14.8. The Balaban J connectivity index is 2.21. The molecule has 0 saturated heterocycles. The Morgan fingerprint density at radius 2 is 2.20 bits per heavy atom. The number of hydrogen-bond acceptors (Lipinski definition) is 3. The summed E-state index contributed by atoms with van der Waals surface area (Å²) >= 11 is 9.25. The molecule has 0 bridgehead atoms. The Morgan fingerprint density at radius 3 is 2.90 bits per heavy atom. The predicted octanol–water partition coefficient (Wildman–Crippen LogP) is 4.18. The molecule has 1 amide bonds. The molecule has 4 nitrogen and oxygen atoms in total. The SMILES string of the molecule is CCNc1cnccc1C(=O)Nc1ccc(Cl)c(Br)c1. The molecule has 0 unspecified atom stereocenters. The Labute approximate surface area is 130 Å². The smallest absolute Gasteiger partial charge is 0.257 e. The Kier molecular flexibility index (Phi) is 4.98. The molecule has 0 aliphatic carbocycles. The summed E-state index contributed by atoms with van der Waals surface area (Å²) in [5, 5.41) is 6.54. The molecule has 0 spiro atoms. The molecule has 2 rings (SSSR count). The molecule has 0 aliphatic rings. The van der Waals surface area contributed by atoms with Gasteiger partial charge in [-0.25, -0.2) is 0 Å². The highest BCUT2D eigenvalue weighted by Gasteiger charge is 2.11. The lowest BCUT2D eigenvalue weighted by atomic mass is 10.2. The van der Waals surface area contributed by atoms with Crippen molar-refractivity contribution in [3.05, 3.63) is 51.7 Å². The number of halogens is 2. The largest absolute Gasteiger partial charge is 0.383 e. The minimum absolute atomic E-state index is 0.197. The van der Waals surface area contributed by atoms with Crippen LogP contribution in [-0.4, -0.2) is 17.4 Å². The van der Waals surface area contributed by atoms with Gasteiger partial charge in [-0.2, -0.15) is 0 Å². The fourth-order valence-electron chi connectivity index (χ4n) is 1.70. The summed E-state index contributed by atoms with van der Waals surface area (Å²) in [6, 6.07) is 6.91. The van der Waals surface area contributed by atoms with Crippen LogP contribution in [-0.2, 0) is 0 Å². The van der Waals surface area contributed by atoms with Crippen molar-refractivity contribution in [3.8, 4) is 0 Å². The van der Waals surface area contributed by atoms with E-state index in [1.54, 1.807) is 36.7 Å². The molecule has 0 fully saturated rings. The van der Waals surface area contributed by atoms with Crippen molar-refractivity contribution in [1.29, 1.82) is 0 Å². The van der Waals surface area contributed by atoms with E-state index in [1.165, 1.54) is 0 Å². The number of amides is 1. The zero-order valence-corrected chi connectivity index (χ0v) is 13.1. The summed E-state index contributed by atoms with van der Waals surface area (Å²) in [7, 11) is 0. The number of benzene rings is 1. The van der Waals surface area contributed by atoms with Crippen LogP contribution in [0.4, 0.5) is 11.4 Å². The second-order valence-electron chi connectivity index (χ2n) is 4.03. The minimum Gasteiger partial charge on any atom is -0.383 e. The summed E-state index contributed by atoms with van der Waals surface area (Å²) in [5.41, 5.74) is 1.93. The summed E-state index contributed by atoms with van der Waals surface area (Å²) in [6.45, 7) is 2.68. The number of aromatic nitrogens is 1. The standard InChI is InChI=1S/C14H13BrClN3O/c1-2-18-13-8-17-6-5-10(13)14(20)19-9-3-4-12(16)11(15)7-9/h3-8,18H,2H2,1H3,(H,19,20). The van der Waals surface area contributed by atoms with Gasteiger partial charge in [0.05, 0.1) is 22.5 Å². The summed E-state index contributed by atoms with van der Waals surface area (Å²) in [5.74, 6) is -0.197. The highest BCUT2D eigenvalue weighted by Crippen LogP contribution is 2.26. The van der Waals surface area contributed by atoms with Gasteiger partial charge in [0.25, 0.3) is 5.91 Å². The van der Waals surface area contributed by atoms with Crippen molar-refractivity contribution in [2.75, 3.05) is 17.2 Å². The van der Waals surface area contributed by atoms with Crippen LogP contribution in [0, 0.1) is 0 Å². The predicted molar refractivity (Wildman–Crippen MR) is 85.5 cm³/mol. The zero-order chi connectivity index (χ0) is 14.5. The third-order valence-corrected chi connectivity index (χ3v) is 3.82. The van der Waals surface area contributed by atoms with Crippen LogP contribution in [0.3, 0.4) is 0 Å². The van der Waals surface area contributed by atoms with Crippen LogP contribution in [0.5, 0.6) is 0 Å². The first-order valence-corrected chi connectivity index (χ1v) is 7.23. The molecular formula is C14H13BrClN3O. The fourth-order valence-corrected chi connectivity index (χ4v) is 2.19. The molecule has 0 radical (unpaired) electrons. The zero-order valence-electron chi connectivity index (χ0n) is 10.8. The van der Waals surface area contributed by atoms with E-state index in [0.29, 0.717) is 22.0 Å². The quantitative estimate of drug-likeness (QED) is 0.866. The monoisotopic (exact) mass is 353 g/mol.